The number of nitrogens with zero attached hydrogens (tertiary/aromatic N) is 1. The lowest BCUT2D eigenvalue weighted by atomic mass is 10.1. The van der Waals surface area contributed by atoms with Crippen molar-refractivity contribution in [3.05, 3.63) is 0 Å². The Labute approximate surface area is 110 Å². The summed E-state index contributed by atoms with van der Waals surface area (Å²) in [5.41, 5.74) is 5.61. The first-order chi connectivity index (χ1) is 7.61. The van der Waals surface area contributed by atoms with Crippen LogP contribution in [-0.4, -0.2) is 50.8 Å². The second-order valence-electron chi connectivity index (χ2n) is 4.01. The molecule has 0 aromatic carbocycles. The number of hydrogen-bond acceptors (Lipinski definition) is 4. The molecule has 1 rings (SSSR count). The number of sulfonamides is 1. The van der Waals surface area contributed by atoms with Gasteiger partial charge < -0.3 is 10.5 Å². The number of halogens is 1. The molecule has 0 spiro atoms. The Bertz CT molecular complexity index is 298. The van der Waals surface area contributed by atoms with Crippen LogP contribution in [0.15, 0.2) is 0 Å². The van der Waals surface area contributed by atoms with Crippen LogP contribution in [0.1, 0.15) is 26.2 Å². The minimum Gasteiger partial charge on any atom is -0.381 e. The molecule has 1 unspecified atom stereocenters. The quantitative estimate of drug-likeness (QED) is 0.725. The average molecular weight is 287 g/mol. The molecule has 0 bridgehead atoms. The van der Waals surface area contributed by atoms with Crippen LogP contribution in [0.4, 0.5) is 0 Å². The van der Waals surface area contributed by atoms with Gasteiger partial charge in [0.2, 0.25) is 10.0 Å². The summed E-state index contributed by atoms with van der Waals surface area (Å²) in [7, 11) is -3.19. The minimum absolute atomic E-state index is 0. The second-order valence-corrected chi connectivity index (χ2v) is 6.05. The third-order valence-corrected chi connectivity index (χ3v) is 4.77. The highest BCUT2D eigenvalue weighted by molar-refractivity contribution is 7.89. The van der Waals surface area contributed by atoms with E-state index in [1.54, 1.807) is 4.31 Å². The molecule has 0 saturated carbocycles. The Morgan fingerprint density at radius 3 is 2.71 bits per heavy atom. The van der Waals surface area contributed by atoms with Crippen LogP contribution in [0, 0.1) is 0 Å². The van der Waals surface area contributed by atoms with E-state index in [1.807, 2.05) is 6.92 Å². The van der Waals surface area contributed by atoms with Gasteiger partial charge in [-0.05, 0) is 19.8 Å². The molecule has 1 saturated heterocycles. The van der Waals surface area contributed by atoms with E-state index in [1.165, 1.54) is 0 Å². The van der Waals surface area contributed by atoms with Gasteiger partial charge in [0.05, 0.1) is 12.4 Å². The molecule has 2 N–H and O–H groups in total. The normalized spacial score (nSPS) is 22.1. The molecule has 1 heterocycles. The molecular weight excluding hydrogens is 264 g/mol. The molecule has 7 heteroatoms. The molecule has 1 aliphatic rings. The van der Waals surface area contributed by atoms with Crippen LogP contribution in [0.2, 0.25) is 0 Å². The maximum absolute atomic E-state index is 12.0. The highest BCUT2D eigenvalue weighted by atomic mass is 35.5. The van der Waals surface area contributed by atoms with Crippen LogP contribution < -0.4 is 5.73 Å². The number of nitrogens with two attached hydrogens (primary N) is 1. The lowest BCUT2D eigenvalue weighted by molar-refractivity contribution is 0.161. The van der Waals surface area contributed by atoms with Crippen molar-refractivity contribution in [1.82, 2.24) is 4.31 Å². The monoisotopic (exact) mass is 286 g/mol. The first-order valence-electron chi connectivity index (χ1n) is 5.89. The van der Waals surface area contributed by atoms with Gasteiger partial charge in [-0.2, -0.15) is 4.31 Å². The highest BCUT2D eigenvalue weighted by Crippen LogP contribution is 2.19. The van der Waals surface area contributed by atoms with Crippen molar-refractivity contribution in [2.24, 2.45) is 5.73 Å². The Balaban J connectivity index is 0.00000256. The zero-order valence-corrected chi connectivity index (χ0v) is 11.9. The lowest BCUT2D eigenvalue weighted by Gasteiger charge is -2.33. The predicted molar refractivity (Wildman–Crippen MR) is 70.9 cm³/mol. The van der Waals surface area contributed by atoms with E-state index in [2.05, 4.69) is 0 Å². The summed E-state index contributed by atoms with van der Waals surface area (Å²) in [6, 6.07) is -0.0135. The van der Waals surface area contributed by atoms with Crippen LogP contribution >= 0.6 is 12.4 Å². The van der Waals surface area contributed by atoms with E-state index in [0.29, 0.717) is 19.7 Å². The molecule has 0 radical (unpaired) electrons. The van der Waals surface area contributed by atoms with Crippen LogP contribution in [0.25, 0.3) is 0 Å². The van der Waals surface area contributed by atoms with Crippen molar-refractivity contribution in [1.29, 1.82) is 0 Å². The molecular formula is C10H23ClN2O3S. The topological polar surface area (TPSA) is 72.6 Å². The molecule has 104 valence electrons. The summed E-state index contributed by atoms with van der Waals surface area (Å²) in [5, 5.41) is 0. The summed E-state index contributed by atoms with van der Waals surface area (Å²) < 4.78 is 30.7. The molecule has 0 aliphatic carbocycles. The predicted octanol–water partition coefficient (Wildman–Crippen LogP) is 0.588. The van der Waals surface area contributed by atoms with E-state index in [-0.39, 0.29) is 30.8 Å². The summed E-state index contributed by atoms with van der Waals surface area (Å²) in [6.45, 7) is 3.70. The van der Waals surface area contributed by atoms with Crippen molar-refractivity contribution < 1.29 is 13.2 Å². The largest absolute Gasteiger partial charge is 0.381 e. The van der Waals surface area contributed by atoms with Gasteiger partial charge in [0, 0.05) is 25.7 Å². The van der Waals surface area contributed by atoms with Crippen LogP contribution in [0.3, 0.4) is 0 Å². The Kier molecular flexibility index (Phi) is 8.32. The molecule has 1 atom stereocenters. The molecule has 0 aromatic heterocycles. The molecule has 1 aliphatic heterocycles. The van der Waals surface area contributed by atoms with Crippen molar-refractivity contribution >= 4 is 22.4 Å². The van der Waals surface area contributed by atoms with Crippen molar-refractivity contribution in [2.75, 3.05) is 32.1 Å². The highest BCUT2D eigenvalue weighted by Gasteiger charge is 2.30. The fraction of sp³-hybridized carbons (Fsp3) is 1.00. The minimum atomic E-state index is -3.19. The van der Waals surface area contributed by atoms with Gasteiger partial charge in [-0.25, -0.2) is 8.42 Å². The van der Waals surface area contributed by atoms with Gasteiger partial charge in [0.1, 0.15) is 0 Å². The first-order valence-corrected chi connectivity index (χ1v) is 7.50. The zero-order valence-electron chi connectivity index (χ0n) is 10.3. The summed E-state index contributed by atoms with van der Waals surface area (Å²) in [6.07, 6.45) is 2.88. The van der Waals surface area contributed by atoms with E-state index < -0.39 is 10.0 Å². The van der Waals surface area contributed by atoms with Gasteiger partial charge in [-0.1, -0.05) is 6.42 Å². The first kappa shape index (κ1) is 17.1. The van der Waals surface area contributed by atoms with E-state index in [9.17, 15) is 8.42 Å². The maximum Gasteiger partial charge on any atom is 0.216 e. The fourth-order valence-electron chi connectivity index (χ4n) is 2.00. The van der Waals surface area contributed by atoms with Crippen molar-refractivity contribution in [2.45, 2.75) is 32.2 Å². The van der Waals surface area contributed by atoms with Gasteiger partial charge >= 0.3 is 0 Å². The van der Waals surface area contributed by atoms with Gasteiger partial charge in [-0.15, -0.1) is 12.4 Å². The van der Waals surface area contributed by atoms with E-state index >= 15 is 0 Å². The fourth-order valence-corrected chi connectivity index (χ4v) is 3.62. The number of ether oxygens (including phenoxy) is 1. The Morgan fingerprint density at radius 1 is 1.41 bits per heavy atom. The number of rotatable bonds is 6. The maximum atomic E-state index is 12.0. The third kappa shape index (κ3) is 5.09. The summed E-state index contributed by atoms with van der Waals surface area (Å²) in [5.74, 6) is 0.0668. The van der Waals surface area contributed by atoms with Crippen molar-refractivity contribution in [3.8, 4) is 0 Å². The standard InChI is InChI=1S/C10H22N2O3S.ClH/c1-2-15-7-8-16(13,14)12-6-4-3-5-10(12)9-11;/h10H,2-9,11H2,1H3;1H. The lowest BCUT2D eigenvalue weighted by Crippen LogP contribution is -2.48. The van der Waals surface area contributed by atoms with Crippen molar-refractivity contribution in [3.63, 3.8) is 0 Å². The Morgan fingerprint density at radius 2 is 2.12 bits per heavy atom. The third-order valence-electron chi connectivity index (χ3n) is 2.89. The molecule has 5 nitrogen and oxygen atoms in total. The van der Waals surface area contributed by atoms with Crippen LogP contribution in [0.5, 0.6) is 0 Å². The number of hydrogen-bond donors (Lipinski definition) is 1. The number of piperidine rings is 1. The SMILES string of the molecule is CCOCCS(=O)(=O)N1CCCCC1CN.Cl. The van der Waals surface area contributed by atoms with Gasteiger partial charge in [0.25, 0.3) is 0 Å². The van der Waals surface area contributed by atoms with Gasteiger partial charge in [-0.3, -0.25) is 0 Å². The smallest absolute Gasteiger partial charge is 0.216 e. The second kappa shape index (κ2) is 8.26. The van der Waals surface area contributed by atoms with E-state index in [0.717, 1.165) is 19.3 Å². The molecule has 1 fully saturated rings. The average Bonchev–Trinajstić information content (AvgIpc) is 2.29. The van der Waals surface area contributed by atoms with E-state index in [4.69, 9.17) is 10.5 Å². The summed E-state index contributed by atoms with van der Waals surface area (Å²) >= 11 is 0. The van der Waals surface area contributed by atoms with Crippen LogP contribution in [-0.2, 0) is 14.8 Å². The Hall–Kier alpha value is 0.120. The molecule has 0 amide bonds. The van der Waals surface area contributed by atoms with Gasteiger partial charge in [0.15, 0.2) is 0 Å². The molecule has 0 aromatic rings. The molecule has 17 heavy (non-hydrogen) atoms. The summed E-state index contributed by atoms with van der Waals surface area (Å²) in [4.78, 5) is 0. The zero-order chi connectivity index (χ0) is 12.0.